The van der Waals surface area contributed by atoms with Crippen molar-refractivity contribution in [3.05, 3.63) is 65.5 Å². The van der Waals surface area contributed by atoms with Gasteiger partial charge in [0.25, 0.3) is 5.91 Å². The van der Waals surface area contributed by atoms with Gasteiger partial charge in [-0.25, -0.2) is 4.98 Å². The number of thiophene rings is 1. The second-order valence-electron chi connectivity index (χ2n) is 8.71. The van der Waals surface area contributed by atoms with Gasteiger partial charge in [-0.05, 0) is 62.0 Å². The molecule has 30 heavy (non-hydrogen) atoms. The molecule has 0 unspecified atom stereocenters. The first-order valence-corrected chi connectivity index (χ1v) is 11.3. The SMILES string of the molecule is CC1(C)C[C@@](CCNC(=O)c2ncoc2-c2cccs2)(Cc2ccccc2)CCO1. The summed E-state index contributed by atoms with van der Waals surface area (Å²) < 4.78 is 11.5. The minimum Gasteiger partial charge on any atom is -0.442 e. The lowest BCUT2D eigenvalue weighted by atomic mass is 9.68. The molecule has 1 aliphatic rings. The highest BCUT2D eigenvalue weighted by Crippen LogP contribution is 2.43. The molecule has 1 aromatic carbocycles. The Morgan fingerprint density at radius 1 is 1.20 bits per heavy atom. The number of aromatic nitrogens is 1. The lowest BCUT2D eigenvalue weighted by Gasteiger charge is -2.45. The van der Waals surface area contributed by atoms with Crippen LogP contribution in [0.2, 0.25) is 0 Å². The largest absolute Gasteiger partial charge is 0.442 e. The first kappa shape index (κ1) is 20.8. The van der Waals surface area contributed by atoms with E-state index in [0.717, 1.165) is 37.2 Å². The number of nitrogens with zero attached hydrogens (tertiary/aromatic N) is 1. The van der Waals surface area contributed by atoms with Gasteiger partial charge in [0.2, 0.25) is 0 Å². The summed E-state index contributed by atoms with van der Waals surface area (Å²) in [4.78, 5) is 17.9. The quantitative estimate of drug-likeness (QED) is 0.556. The third-order valence-corrected chi connectivity index (χ3v) is 6.68. The number of carbonyl (C=O) groups excluding carboxylic acids is 1. The van der Waals surface area contributed by atoms with E-state index in [1.165, 1.54) is 23.3 Å². The first-order valence-electron chi connectivity index (χ1n) is 10.4. The summed E-state index contributed by atoms with van der Waals surface area (Å²) >= 11 is 1.53. The van der Waals surface area contributed by atoms with Gasteiger partial charge >= 0.3 is 0 Å². The van der Waals surface area contributed by atoms with Crippen molar-refractivity contribution in [3.63, 3.8) is 0 Å². The maximum Gasteiger partial charge on any atom is 0.273 e. The van der Waals surface area contributed by atoms with Crippen molar-refractivity contribution in [2.24, 2.45) is 5.41 Å². The predicted molar refractivity (Wildman–Crippen MR) is 119 cm³/mol. The van der Waals surface area contributed by atoms with Crippen molar-refractivity contribution < 1.29 is 13.9 Å². The average Bonchev–Trinajstić information content (AvgIpc) is 3.39. The van der Waals surface area contributed by atoms with Crippen LogP contribution in [0.3, 0.4) is 0 Å². The van der Waals surface area contributed by atoms with Gasteiger partial charge in [0, 0.05) is 13.2 Å². The van der Waals surface area contributed by atoms with Gasteiger partial charge in [0.1, 0.15) is 0 Å². The number of hydrogen-bond donors (Lipinski definition) is 1. The van der Waals surface area contributed by atoms with Crippen LogP contribution in [-0.4, -0.2) is 29.6 Å². The number of ether oxygens (including phenoxy) is 1. The number of benzene rings is 1. The molecule has 0 radical (unpaired) electrons. The van der Waals surface area contributed by atoms with Gasteiger partial charge in [-0.15, -0.1) is 11.3 Å². The Kier molecular flexibility index (Phi) is 6.06. The number of carbonyl (C=O) groups is 1. The molecule has 1 amide bonds. The van der Waals surface area contributed by atoms with Crippen LogP contribution in [0.4, 0.5) is 0 Å². The maximum atomic E-state index is 12.8. The highest BCUT2D eigenvalue weighted by molar-refractivity contribution is 7.13. The van der Waals surface area contributed by atoms with Crippen molar-refractivity contribution in [1.82, 2.24) is 10.3 Å². The highest BCUT2D eigenvalue weighted by Gasteiger charge is 2.40. The summed E-state index contributed by atoms with van der Waals surface area (Å²) in [5.41, 5.74) is 1.62. The van der Waals surface area contributed by atoms with Crippen LogP contribution in [-0.2, 0) is 11.2 Å². The van der Waals surface area contributed by atoms with Gasteiger partial charge in [-0.2, -0.15) is 0 Å². The number of rotatable bonds is 7. The predicted octanol–water partition coefficient (Wildman–Crippen LogP) is 5.34. The Labute approximate surface area is 181 Å². The van der Waals surface area contributed by atoms with Crippen molar-refractivity contribution in [1.29, 1.82) is 0 Å². The molecular formula is C24H28N2O3S. The van der Waals surface area contributed by atoms with Gasteiger partial charge in [-0.1, -0.05) is 36.4 Å². The monoisotopic (exact) mass is 424 g/mol. The normalized spacial score (nSPS) is 20.7. The van der Waals surface area contributed by atoms with Crippen LogP contribution in [0.1, 0.15) is 49.2 Å². The summed E-state index contributed by atoms with van der Waals surface area (Å²) in [6, 6.07) is 14.5. The Morgan fingerprint density at radius 2 is 2.03 bits per heavy atom. The van der Waals surface area contributed by atoms with Crippen molar-refractivity contribution in [3.8, 4) is 10.6 Å². The van der Waals surface area contributed by atoms with E-state index in [4.69, 9.17) is 9.15 Å². The van der Waals surface area contributed by atoms with Crippen LogP contribution >= 0.6 is 11.3 Å². The zero-order valence-electron chi connectivity index (χ0n) is 17.5. The van der Waals surface area contributed by atoms with Crippen molar-refractivity contribution in [2.75, 3.05) is 13.2 Å². The second kappa shape index (κ2) is 8.74. The van der Waals surface area contributed by atoms with Crippen LogP contribution in [0, 0.1) is 5.41 Å². The molecule has 1 saturated heterocycles. The molecule has 2 aromatic heterocycles. The number of oxazole rings is 1. The minimum absolute atomic E-state index is 0.0940. The van der Waals surface area contributed by atoms with Gasteiger partial charge in [0.15, 0.2) is 17.8 Å². The van der Waals surface area contributed by atoms with E-state index in [1.54, 1.807) is 0 Å². The molecule has 0 spiro atoms. The van der Waals surface area contributed by atoms with Crippen LogP contribution in [0.15, 0.2) is 58.7 Å². The number of hydrogen-bond acceptors (Lipinski definition) is 5. The Hall–Kier alpha value is -2.44. The standard InChI is InChI=1S/C24H28N2O3S/c1-23(2)16-24(11-13-29-23,15-18-7-4-3-5-8-18)10-12-25-22(27)20-21(28-17-26-20)19-9-6-14-30-19/h3-9,14,17H,10-13,15-16H2,1-2H3,(H,25,27)/t24-/m1/s1. The van der Waals surface area contributed by atoms with E-state index in [-0.39, 0.29) is 16.9 Å². The molecular weight excluding hydrogens is 396 g/mol. The molecule has 3 aromatic rings. The average molecular weight is 425 g/mol. The van der Waals surface area contributed by atoms with Crippen LogP contribution in [0.5, 0.6) is 0 Å². The fraction of sp³-hybridized carbons (Fsp3) is 0.417. The number of amides is 1. The maximum absolute atomic E-state index is 12.8. The lowest BCUT2D eigenvalue weighted by molar-refractivity contribution is -0.107. The first-order chi connectivity index (χ1) is 14.5. The fourth-order valence-electron chi connectivity index (χ4n) is 4.58. The van der Waals surface area contributed by atoms with Crippen LogP contribution < -0.4 is 5.32 Å². The van der Waals surface area contributed by atoms with E-state index in [0.29, 0.717) is 18.0 Å². The molecule has 158 valence electrons. The third-order valence-electron chi connectivity index (χ3n) is 5.82. The summed E-state index contributed by atoms with van der Waals surface area (Å²) in [7, 11) is 0. The highest BCUT2D eigenvalue weighted by atomic mass is 32.1. The van der Waals surface area contributed by atoms with E-state index in [9.17, 15) is 4.79 Å². The molecule has 4 rings (SSSR count). The smallest absolute Gasteiger partial charge is 0.273 e. The van der Waals surface area contributed by atoms with Gasteiger partial charge in [0.05, 0.1) is 10.5 Å². The third kappa shape index (κ3) is 4.82. The molecule has 1 N–H and O–H groups in total. The summed E-state index contributed by atoms with van der Waals surface area (Å²) in [6.45, 7) is 5.67. The molecule has 5 nitrogen and oxygen atoms in total. The summed E-state index contributed by atoms with van der Waals surface area (Å²) in [5, 5.41) is 5.03. The van der Waals surface area contributed by atoms with Crippen molar-refractivity contribution >= 4 is 17.2 Å². The van der Waals surface area contributed by atoms with Crippen molar-refractivity contribution in [2.45, 2.75) is 45.1 Å². The molecule has 1 aliphatic heterocycles. The molecule has 3 heterocycles. The zero-order chi connectivity index (χ0) is 21.0. The molecule has 0 saturated carbocycles. The molecule has 0 aliphatic carbocycles. The Bertz CT molecular complexity index is 966. The van der Waals surface area contributed by atoms with Gasteiger partial charge < -0.3 is 14.5 Å². The summed E-state index contributed by atoms with van der Waals surface area (Å²) in [6.07, 6.45) is 5.18. The molecule has 0 bridgehead atoms. The van der Waals surface area contributed by atoms with E-state index >= 15 is 0 Å². The molecule has 6 heteroatoms. The van der Waals surface area contributed by atoms with E-state index in [1.807, 2.05) is 23.6 Å². The Morgan fingerprint density at radius 3 is 2.77 bits per heavy atom. The lowest BCUT2D eigenvalue weighted by Crippen LogP contribution is -2.44. The van der Waals surface area contributed by atoms with Gasteiger partial charge in [-0.3, -0.25) is 4.79 Å². The number of nitrogens with one attached hydrogen (secondary N) is 1. The topological polar surface area (TPSA) is 64.4 Å². The zero-order valence-corrected chi connectivity index (χ0v) is 18.3. The Balaban J connectivity index is 1.44. The van der Waals surface area contributed by atoms with E-state index < -0.39 is 0 Å². The summed E-state index contributed by atoms with van der Waals surface area (Å²) in [5.74, 6) is 0.349. The molecule has 1 fully saturated rings. The minimum atomic E-state index is -0.187. The van der Waals surface area contributed by atoms with E-state index in [2.05, 4.69) is 48.4 Å². The second-order valence-corrected chi connectivity index (χ2v) is 9.66. The van der Waals surface area contributed by atoms with Crippen LogP contribution in [0.25, 0.3) is 10.6 Å². The fourth-order valence-corrected chi connectivity index (χ4v) is 5.30. The molecule has 1 atom stereocenters.